The molecular formula is C42H53FN6O10. The Bertz CT molecular complexity index is 2030. The molecule has 17 heteroatoms. The van der Waals surface area contributed by atoms with Crippen molar-refractivity contribution < 1.29 is 52.1 Å². The van der Waals surface area contributed by atoms with Gasteiger partial charge >= 0.3 is 24.2 Å². The summed E-state index contributed by atoms with van der Waals surface area (Å²) < 4.78 is 36.7. The monoisotopic (exact) mass is 820 g/mol. The molecule has 16 nitrogen and oxygen atoms in total. The van der Waals surface area contributed by atoms with Crippen LogP contribution in [0.2, 0.25) is 0 Å². The van der Waals surface area contributed by atoms with E-state index in [2.05, 4.69) is 15.4 Å². The summed E-state index contributed by atoms with van der Waals surface area (Å²) in [7, 11) is 0. The summed E-state index contributed by atoms with van der Waals surface area (Å²) in [6, 6.07) is 9.92. The Hall–Kier alpha value is -6.13. The molecule has 59 heavy (non-hydrogen) atoms. The molecule has 5 amide bonds. The Labute approximate surface area is 343 Å². The van der Waals surface area contributed by atoms with Crippen molar-refractivity contribution in [2.24, 2.45) is 4.99 Å². The number of carbonyl (C=O) groups excluding carboxylic acids is 6. The maximum Gasteiger partial charge on any atom is 0.436 e. The zero-order valence-corrected chi connectivity index (χ0v) is 35.2. The molecule has 1 atom stereocenters. The van der Waals surface area contributed by atoms with Gasteiger partial charge in [-0.1, -0.05) is 24.3 Å². The van der Waals surface area contributed by atoms with Crippen molar-refractivity contribution in [3.05, 3.63) is 88.5 Å². The number of esters is 1. The van der Waals surface area contributed by atoms with E-state index in [1.807, 2.05) is 0 Å². The molecule has 0 fully saturated rings. The number of aromatic nitrogens is 2. The van der Waals surface area contributed by atoms with E-state index in [1.165, 1.54) is 53.2 Å². The number of nitrogens with one attached hydrogen (secondary N) is 1. The van der Waals surface area contributed by atoms with Crippen molar-refractivity contribution in [1.29, 1.82) is 0 Å². The number of imide groups is 1. The van der Waals surface area contributed by atoms with Crippen LogP contribution in [0.1, 0.15) is 102 Å². The van der Waals surface area contributed by atoms with Gasteiger partial charge in [0.2, 0.25) is 5.91 Å². The van der Waals surface area contributed by atoms with Crippen LogP contribution in [0.4, 0.5) is 18.8 Å². The molecule has 0 bridgehead atoms. The van der Waals surface area contributed by atoms with Crippen molar-refractivity contribution in [1.82, 2.24) is 24.9 Å². The van der Waals surface area contributed by atoms with Crippen LogP contribution in [0.15, 0.2) is 59.7 Å². The third-order valence-corrected chi connectivity index (χ3v) is 8.13. The molecule has 2 heterocycles. The predicted octanol–water partition coefficient (Wildman–Crippen LogP) is 6.37. The highest BCUT2D eigenvalue weighted by Crippen LogP contribution is 2.22. The summed E-state index contributed by atoms with van der Waals surface area (Å²) in [4.78, 5) is 86.4. The Morgan fingerprint density at radius 3 is 1.93 bits per heavy atom. The second-order valence-electron chi connectivity index (χ2n) is 16.8. The number of halogens is 1. The number of nitrogens with zero attached hydrogens (tertiary/aromatic N) is 5. The van der Waals surface area contributed by atoms with E-state index < -0.39 is 70.6 Å². The molecule has 318 valence electrons. The molecule has 1 aliphatic heterocycles. The van der Waals surface area contributed by atoms with E-state index in [0.29, 0.717) is 16.9 Å². The Kier molecular flexibility index (Phi) is 14.4. The minimum Gasteiger partial charge on any atom is -0.465 e. The number of hydrogen-bond acceptors (Lipinski definition) is 11. The first-order valence-electron chi connectivity index (χ1n) is 19.1. The summed E-state index contributed by atoms with van der Waals surface area (Å²) in [5, 5.41) is 7.28. The molecule has 2 aromatic carbocycles. The van der Waals surface area contributed by atoms with Crippen LogP contribution < -0.4 is 5.32 Å². The van der Waals surface area contributed by atoms with Crippen molar-refractivity contribution in [3.8, 4) is 0 Å². The third kappa shape index (κ3) is 13.7. The van der Waals surface area contributed by atoms with Gasteiger partial charge in [-0.2, -0.15) is 15.0 Å². The van der Waals surface area contributed by atoms with Gasteiger partial charge in [0.15, 0.2) is 5.84 Å². The number of hydrogen-bond donors (Lipinski definition) is 1. The molecule has 0 saturated carbocycles. The van der Waals surface area contributed by atoms with Gasteiger partial charge < -0.3 is 29.2 Å². The van der Waals surface area contributed by atoms with Gasteiger partial charge in [0, 0.05) is 48.8 Å². The van der Waals surface area contributed by atoms with Gasteiger partial charge in [-0.15, -0.1) is 0 Å². The molecular weight excluding hydrogens is 767 g/mol. The summed E-state index contributed by atoms with van der Waals surface area (Å²) in [5.41, 5.74) is -0.938. The van der Waals surface area contributed by atoms with Crippen LogP contribution in [-0.2, 0) is 54.5 Å². The van der Waals surface area contributed by atoms with Gasteiger partial charge in [0.05, 0.1) is 12.3 Å². The number of aliphatic imine (C=N–C) groups is 1. The van der Waals surface area contributed by atoms with Crippen LogP contribution in [0.5, 0.6) is 0 Å². The number of fused-ring (bicyclic) bond motifs is 1. The fourth-order valence-corrected chi connectivity index (χ4v) is 5.75. The van der Waals surface area contributed by atoms with Gasteiger partial charge in [-0.25, -0.2) is 18.8 Å². The molecule has 0 aliphatic carbocycles. The number of benzene rings is 2. The molecule has 4 rings (SSSR count). The van der Waals surface area contributed by atoms with Crippen LogP contribution in [-0.4, -0.2) is 97.5 Å². The largest absolute Gasteiger partial charge is 0.465 e. The maximum atomic E-state index is 14.1. The zero-order chi connectivity index (χ0) is 43.9. The Morgan fingerprint density at radius 1 is 0.831 bits per heavy atom. The minimum absolute atomic E-state index is 0.0296. The van der Waals surface area contributed by atoms with E-state index in [9.17, 15) is 33.2 Å². The summed E-state index contributed by atoms with van der Waals surface area (Å²) in [5.74, 6) is -2.45. The lowest BCUT2D eigenvalue weighted by molar-refractivity contribution is -0.144. The molecule has 0 spiro atoms. The highest BCUT2D eigenvalue weighted by atomic mass is 19.1. The van der Waals surface area contributed by atoms with Gasteiger partial charge in [-0.3, -0.25) is 19.1 Å². The predicted molar refractivity (Wildman–Crippen MR) is 213 cm³/mol. The van der Waals surface area contributed by atoms with Crippen LogP contribution >= 0.6 is 0 Å². The number of rotatable bonds is 9. The molecule has 0 saturated heterocycles. The van der Waals surface area contributed by atoms with Crippen molar-refractivity contribution in [2.45, 2.75) is 118 Å². The smallest absolute Gasteiger partial charge is 0.436 e. The number of amides is 5. The summed E-state index contributed by atoms with van der Waals surface area (Å²) >= 11 is 0. The third-order valence-electron chi connectivity index (χ3n) is 8.13. The van der Waals surface area contributed by atoms with E-state index >= 15 is 0 Å². The SMILES string of the molecule is CCOC(=O)Cn1cc2c(n1)CCN(C(=O)[C@H](Cc1ccc(F)cc1)NC(=O)c1ccc(C(=NC(=O)OC(C)(C)C)N(C(=O)OC(C)(C)C)C(=O)OC(C)(C)C)cc1)C2. The molecule has 0 unspecified atom stereocenters. The highest BCUT2D eigenvalue weighted by Gasteiger charge is 2.37. The topological polar surface area (TPSA) is 188 Å². The van der Waals surface area contributed by atoms with Crippen LogP contribution in [0.25, 0.3) is 0 Å². The fourth-order valence-electron chi connectivity index (χ4n) is 5.75. The average Bonchev–Trinajstić information content (AvgIpc) is 3.51. The van der Waals surface area contributed by atoms with E-state index in [0.717, 1.165) is 11.3 Å². The van der Waals surface area contributed by atoms with Gasteiger partial charge in [0.25, 0.3) is 5.91 Å². The molecule has 3 aromatic rings. The van der Waals surface area contributed by atoms with Crippen LogP contribution in [0, 0.1) is 5.82 Å². The quantitative estimate of drug-likeness (QED) is 0.109. The maximum absolute atomic E-state index is 14.1. The molecule has 1 N–H and O–H groups in total. The average molecular weight is 821 g/mol. The van der Waals surface area contributed by atoms with E-state index in [1.54, 1.807) is 80.3 Å². The molecule has 1 aromatic heterocycles. The van der Waals surface area contributed by atoms with Crippen LogP contribution in [0.3, 0.4) is 0 Å². The lowest BCUT2D eigenvalue weighted by Crippen LogP contribution is -2.50. The first kappa shape index (κ1) is 45.6. The zero-order valence-electron chi connectivity index (χ0n) is 35.2. The lowest BCUT2D eigenvalue weighted by Gasteiger charge is -2.30. The summed E-state index contributed by atoms with van der Waals surface area (Å²) in [6.07, 6.45) is -1.37. The normalized spacial score (nSPS) is 13.7. The number of ether oxygens (including phenoxy) is 4. The Balaban J connectivity index is 1.66. The second kappa shape index (κ2) is 18.6. The van der Waals surface area contributed by atoms with Gasteiger partial charge in [-0.05, 0) is 99.1 Å². The number of amidine groups is 1. The molecule has 0 radical (unpaired) electrons. The first-order valence-corrected chi connectivity index (χ1v) is 19.1. The standard InChI is InChI=1S/C42H53FN6O10/c1-11-56-33(50)25-48-24-29-23-47(21-20-31(29)46-48)36(52)32(22-26-12-18-30(43)19-13-26)44-35(51)28-16-14-27(15-17-28)34(45-37(53)57-40(2,3)4)49(38(54)58-41(5,6)7)39(55)59-42(8,9)10/h12-19,24,32H,11,20-23,25H2,1-10H3,(H,44,51)/t32-/m0/s1. The van der Waals surface area contributed by atoms with Crippen molar-refractivity contribution in [2.75, 3.05) is 13.2 Å². The van der Waals surface area contributed by atoms with Gasteiger partial charge in [0.1, 0.15) is 35.2 Å². The summed E-state index contributed by atoms with van der Waals surface area (Å²) in [6.45, 7) is 16.7. The second-order valence-corrected chi connectivity index (χ2v) is 16.8. The molecule has 1 aliphatic rings. The van der Waals surface area contributed by atoms with E-state index in [-0.39, 0.29) is 43.8 Å². The minimum atomic E-state index is -1.19. The number of carbonyl (C=O) groups is 6. The fraction of sp³-hybridized carbons (Fsp3) is 0.476. The lowest BCUT2D eigenvalue weighted by atomic mass is 10.0. The first-order chi connectivity index (χ1) is 27.4. The van der Waals surface area contributed by atoms with Crippen molar-refractivity contribution >= 4 is 41.9 Å². The van der Waals surface area contributed by atoms with Crippen molar-refractivity contribution in [3.63, 3.8) is 0 Å². The highest BCUT2D eigenvalue weighted by molar-refractivity contribution is 6.18. The van der Waals surface area contributed by atoms with E-state index in [4.69, 9.17) is 18.9 Å². The Morgan fingerprint density at radius 2 is 1.39 bits per heavy atom.